The van der Waals surface area contributed by atoms with E-state index in [0.717, 1.165) is 10.7 Å². The normalized spacial score (nSPS) is 11.5. The van der Waals surface area contributed by atoms with Crippen molar-refractivity contribution in [3.8, 4) is 11.6 Å². The molecule has 0 saturated carbocycles. The largest absolute Gasteiger partial charge is 0.480 e. The number of carbonyl (C=O) groups is 1. The van der Waals surface area contributed by atoms with Crippen LogP contribution < -0.4 is 10.1 Å². The fourth-order valence-corrected chi connectivity index (χ4v) is 2.68. The number of anilines is 1. The molecule has 0 atom stereocenters. The van der Waals surface area contributed by atoms with Gasteiger partial charge in [-0.05, 0) is 25.1 Å². The molecule has 142 valence electrons. The molecule has 1 N–H and O–H groups in total. The van der Waals surface area contributed by atoms with Crippen molar-refractivity contribution in [2.75, 3.05) is 12.4 Å². The smallest absolute Gasteiger partial charge is 0.418 e. The molecule has 3 rings (SSSR count). The zero-order valence-corrected chi connectivity index (χ0v) is 14.7. The third kappa shape index (κ3) is 3.50. The molecular formula is C17H16F3N5O2. The van der Waals surface area contributed by atoms with Gasteiger partial charge in [0.2, 0.25) is 5.88 Å². The number of carbonyl (C=O) groups excluding carboxylic acids is 1. The van der Waals surface area contributed by atoms with Crippen LogP contribution in [0.2, 0.25) is 0 Å². The fourth-order valence-electron chi connectivity index (χ4n) is 2.68. The van der Waals surface area contributed by atoms with Crippen molar-refractivity contribution < 1.29 is 22.7 Å². The van der Waals surface area contributed by atoms with Crippen molar-refractivity contribution >= 4 is 11.6 Å². The second-order valence-electron chi connectivity index (χ2n) is 5.71. The number of alkyl halides is 3. The standard InChI is InChI=1S/C17H16F3N5O2/c1-10-14(16(27-3)24(2)22-10)21-15(26)12-8-9-25(23-12)13-7-5-4-6-11(13)17(18,19)20/h4-9H,1-3H3,(H,21,26). The Balaban J connectivity index is 1.90. The van der Waals surface area contributed by atoms with Crippen molar-refractivity contribution in [3.05, 3.63) is 53.5 Å². The molecule has 0 aliphatic carbocycles. The molecule has 10 heteroatoms. The Morgan fingerprint density at radius 3 is 2.56 bits per heavy atom. The highest BCUT2D eigenvalue weighted by Gasteiger charge is 2.34. The average molecular weight is 379 g/mol. The van der Waals surface area contributed by atoms with E-state index in [2.05, 4.69) is 15.5 Å². The molecular weight excluding hydrogens is 363 g/mol. The number of nitrogens with one attached hydrogen (secondary N) is 1. The average Bonchev–Trinajstić information content (AvgIpc) is 3.19. The Labute approximate surface area is 152 Å². The van der Waals surface area contributed by atoms with Crippen molar-refractivity contribution in [2.45, 2.75) is 13.1 Å². The predicted octanol–water partition coefficient (Wildman–Crippen LogP) is 3.19. The van der Waals surface area contributed by atoms with Gasteiger partial charge in [0.25, 0.3) is 5.91 Å². The van der Waals surface area contributed by atoms with E-state index in [1.54, 1.807) is 14.0 Å². The van der Waals surface area contributed by atoms with Gasteiger partial charge < -0.3 is 10.1 Å². The predicted molar refractivity (Wildman–Crippen MR) is 91.0 cm³/mol. The molecule has 1 aromatic carbocycles. The SMILES string of the molecule is COc1c(NC(=O)c2ccn(-c3ccccc3C(F)(F)F)n2)c(C)nn1C. The molecule has 0 unspecified atom stereocenters. The highest BCUT2D eigenvalue weighted by atomic mass is 19.4. The summed E-state index contributed by atoms with van der Waals surface area (Å²) in [4.78, 5) is 12.5. The number of hydrogen-bond donors (Lipinski definition) is 1. The topological polar surface area (TPSA) is 74.0 Å². The first kappa shape index (κ1) is 18.5. The summed E-state index contributed by atoms with van der Waals surface area (Å²) >= 11 is 0. The van der Waals surface area contributed by atoms with Crippen LogP contribution in [0.4, 0.5) is 18.9 Å². The molecule has 0 saturated heterocycles. The second kappa shape index (κ2) is 6.78. The van der Waals surface area contributed by atoms with Crippen LogP contribution in [0, 0.1) is 6.92 Å². The van der Waals surface area contributed by atoms with Gasteiger partial charge in [0.1, 0.15) is 5.69 Å². The molecule has 7 nitrogen and oxygen atoms in total. The minimum atomic E-state index is -4.54. The van der Waals surface area contributed by atoms with Gasteiger partial charge in [-0.1, -0.05) is 12.1 Å². The van der Waals surface area contributed by atoms with Crippen molar-refractivity contribution in [2.24, 2.45) is 7.05 Å². The molecule has 0 spiro atoms. The number of halogens is 3. The van der Waals surface area contributed by atoms with Crippen LogP contribution in [0.5, 0.6) is 5.88 Å². The Bertz CT molecular complexity index is 991. The monoisotopic (exact) mass is 379 g/mol. The van der Waals surface area contributed by atoms with E-state index in [0.29, 0.717) is 17.3 Å². The number of para-hydroxylation sites is 1. The Kier molecular flexibility index (Phi) is 4.64. The number of hydrogen-bond acceptors (Lipinski definition) is 4. The van der Waals surface area contributed by atoms with E-state index in [1.807, 2.05) is 0 Å². The van der Waals surface area contributed by atoms with Crippen LogP contribution in [0.25, 0.3) is 5.69 Å². The van der Waals surface area contributed by atoms with Crippen LogP contribution in [-0.4, -0.2) is 32.6 Å². The van der Waals surface area contributed by atoms with E-state index in [9.17, 15) is 18.0 Å². The van der Waals surface area contributed by atoms with Gasteiger partial charge in [-0.25, -0.2) is 9.36 Å². The molecule has 0 radical (unpaired) electrons. The van der Waals surface area contributed by atoms with Gasteiger partial charge in [0, 0.05) is 13.2 Å². The minimum Gasteiger partial charge on any atom is -0.480 e. The molecule has 0 fully saturated rings. The highest BCUT2D eigenvalue weighted by Crippen LogP contribution is 2.33. The maximum atomic E-state index is 13.2. The Hall–Kier alpha value is -3.30. The summed E-state index contributed by atoms with van der Waals surface area (Å²) in [6.07, 6.45) is -3.24. The third-order valence-electron chi connectivity index (χ3n) is 3.88. The fraction of sp³-hybridized carbons (Fsp3) is 0.235. The number of benzene rings is 1. The molecule has 0 aliphatic heterocycles. The number of nitrogens with zero attached hydrogens (tertiary/aromatic N) is 4. The van der Waals surface area contributed by atoms with E-state index < -0.39 is 17.6 Å². The summed E-state index contributed by atoms with van der Waals surface area (Å²) in [5, 5.41) is 10.8. The molecule has 1 amide bonds. The summed E-state index contributed by atoms with van der Waals surface area (Å²) in [5.41, 5.74) is -0.152. The molecule has 3 aromatic rings. The van der Waals surface area contributed by atoms with Gasteiger partial charge in [-0.15, -0.1) is 0 Å². The summed E-state index contributed by atoms with van der Waals surface area (Å²) in [6, 6.07) is 6.34. The van der Waals surface area contributed by atoms with Crippen LogP contribution in [-0.2, 0) is 13.2 Å². The number of ether oxygens (including phenoxy) is 1. The van der Waals surface area contributed by atoms with Crippen molar-refractivity contribution in [1.82, 2.24) is 19.6 Å². The van der Waals surface area contributed by atoms with Gasteiger partial charge in [-0.2, -0.15) is 23.4 Å². The zero-order chi connectivity index (χ0) is 19.8. The lowest BCUT2D eigenvalue weighted by atomic mass is 10.2. The molecule has 2 heterocycles. The van der Waals surface area contributed by atoms with Gasteiger partial charge >= 0.3 is 6.18 Å². The van der Waals surface area contributed by atoms with Crippen molar-refractivity contribution in [1.29, 1.82) is 0 Å². The van der Waals surface area contributed by atoms with Crippen LogP contribution in [0.1, 0.15) is 21.7 Å². The Morgan fingerprint density at radius 1 is 1.19 bits per heavy atom. The van der Waals surface area contributed by atoms with E-state index in [-0.39, 0.29) is 11.4 Å². The number of aromatic nitrogens is 4. The van der Waals surface area contributed by atoms with Gasteiger partial charge in [0.05, 0.1) is 24.1 Å². The number of aryl methyl sites for hydroxylation is 2. The number of amides is 1. The highest BCUT2D eigenvalue weighted by molar-refractivity contribution is 6.03. The van der Waals surface area contributed by atoms with Gasteiger partial charge in [-0.3, -0.25) is 4.79 Å². The summed E-state index contributed by atoms with van der Waals surface area (Å²) < 4.78 is 47.2. The lowest BCUT2D eigenvalue weighted by molar-refractivity contribution is -0.137. The summed E-state index contributed by atoms with van der Waals surface area (Å²) in [7, 11) is 3.10. The first-order valence-electron chi connectivity index (χ1n) is 7.83. The van der Waals surface area contributed by atoms with Gasteiger partial charge in [0.15, 0.2) is 5.69 Å². The quantitative estimate of drug-likeness (QED) is 0.756. The van der Waals surface area contributed by atoms with Crippen LogP contribution in [0.15, 0.2) is 36.5 Å². The van der Waals surface area contributed by atoms with E-state index in [4.69, 9.17) is 4.74 Å². The minimum absolute atomic E-state index is 0.0442. The van der Waals surface area contributed by atoms with Crippen LogP contribution in [0.3, 0.4) is 0 Å². The number of methoxy groups -OCH3 is 1. The maximum Gasteiger partial charge on any atom is 0.418 e. The molecule has 0 bridgehead atoms. The molecule has 0 aliphatic rings. The van der Waals surface area contributed by atoms with E-state index >= 15 is 0 Å². The first-order chi connectivity index (χ1) is 12.7. The van der Waals surface area contributed by atoms with Crippen molar-refractivity contribution in [3.63, 3.8) is 0 Å². The zero-order valence-electron chi connectivity index (χ0n) is 14.7. The summed E-state index contributed by atoms with van der Waals surface area (Å²) in [6.45, 7) is 1.69. The third-order valence-corrected chi connectivity index (χ3v) is 3.88. The number of rotatable bonds is 4. The maximum absolute atomic E-state index is 13.2. The Morgan fingerprint density at radius 2 is 1.89 bits per heavy atom. The molecule has 2 aromatic heterocycles. The summed E-state index contributed by atoms with van der Waals surface area (Å²) in [5.74, 6) is -0.240. The lowest BCUT2D eigenvalue weighted by Gasteiger charge is -2.12. The van der Waals surface area contributed by atoms with Crippen LogP contribution >= 0.6 is 0 Å². The van der Waals surface area contributed by atoms with E-state index in [1.165, 1.54) is 42.3 Å². The first-order valence-corrected chi connectivity index (χ1v) is 7.83. The lowest BCUT2D eigenvalue weighted by Crippen LogP contribution is -2.15. The molecule has 27 heavy (non-hydrogen) atoms. The second-order valence-corrected chi connectivity index (χ2v) is 5.71.